The molecule has 3 aromatic rings. The maximum Gasteiger partial charge on any atom is 0.325 e. The van der Waals surface area contributed by atoms with Crippen molar-refractivity contribution in [2.45, 2.75) is 6.54 Å². The number of halogens is 1. The summed E-state index contributed by atoms with van der Waals surface area (Å²) in [5.41, 5.74) is 2.11. The summed E-state index contributed by atoms with van der Waals surface area (Å²) in [5, 5.41) is 0.483. The van der Waals surface area contributed by atoms with Crippen molar-refractivity contribution in [2.75, 3.05) is 26.1 Å². The topological polar surface area (TPSA) is 63.9 Å². The molecule has 0 radical (unpaired) electrons. The van der Waals surface area contributed by atoms with Gasteiger partial charge in [0, 0.05) is 25.3 Å². The van der Waals surface area contributed by atoms with E-state index in [0.29, 0.717) is 20.9 Å². The summed E-state index contributed by atoms with van der Waals surface area (Å²) >= 11 is 7.60. The van der Waals surface area contributed by atoms with Crippen LogP contribution in [0.5, 0.6) is 0 Å². The summed E-state index contributed by atoms with van der Waals surface area (Å²) in [6, 6.07) is 12.6. The van der Waals surface area contributed by atoms with Crippen molar-refractivity contribution in [3.63, 3.8) is 0 Å². The zero-order valence-electron chi connectivity index (χ0n) is 15.1. The van der Waals surface area contributed by atoms with Crippen LogP contribution < -0.4 is 9.70 Å². The molecule has 0 aliphatic heterocycles. The number of benzene rings is 2. The number of methoxy groups -OCH3 is 1. The van der Waals surface area contributed by atoms with Crippen LogP contribution in [0.25, 0.3) is 10.2 Å². The molecule has 0 bridgehead atoms. The first-order valence-electron chi connectivity index (χ1n) is 8.12. The average Bonchev–Trinajstić information content (AvgIpc) is 3.00. The molecule has 0 atom stereocenters. The highest BCUT2D eigenvalue weighted by Gasteiger charge is 2.14. The SMILES string of the molecule is COC(=O)Cn1c(=NC(=O)c2ccc(N(C)C)cc2)sc2cccc(Cl)c21. The lowest BCUT2D eigenvalue weighted by molar-refractivity contribution is -0.141. The highest BCUT2D eigenvalue weighted by atomic mass is 35.5. The molecule has 0 fully saturated rings. The smallest absolute Gasteiger partial charge is 0.325 e. The van der Waals surface area contributed by atoms with Crippen LogP contribution in [0.4, 0.5) is 5.69 Å². The Hall–Kier alpha value is -2.64. The van der Waals surface area contributed by atoms with Crippen molar-refractivity contribution < 1.29 is 14.3 Å². The molecule has 3 rings (SSSR count). The molecule has 0 saturated heterocycles. The second kappa shape index (κ2) is 7.94. The molecule has 1 aromatic heterocycles. The third-order valence-corrected chi connectivity index (χ3v) is 5.34. The van der Waals surface area contributed by atoms with Crippen LogP contribution in [0.15, 0.2) is 47.5 Å². The molecule has 2 aromatic carbocycles. The van der Waals surface area contributed by atoms with Crippen molar-refractivity contribution in [3.05, 3.63) is 57.9 Å². The second-order valence-corrected chi connectivity index (χ2v) is 7.41. The van der Waals surface area contributed by atoms with Crippen LogP contribution in [-0.2, 0) is 16.1 Å². The lowest BCUT2D eigenvalue weighted by Crippen LogP contribution is -2.22. The number of hydrogen-bond donors (Lipinski definition) is 0. The predicted octanol–water partition coefficient (Wildman–Crippen LogP) is 3.34. The minimum atomic E-state index is -0.446. The molecule has 1 heterocycles. The van der Waals surface area contributed by atoms with Crippen LogP contribution in [0.3, 0.4) is 0 Å². The molecular formula is C19H18ClN3O3S. The summed E-state index contributed by atoms with van der Waals surface area (Å²) in [4.78, 5) is 31.0. The number of carbonyl (C=O) groups is 2. The van der Waals surface area contributed by atoms with Gasteiger partial charge in [-0.05, 0) is 36.4 Å². The van der Waals surface area contributed by atoms with E-state index in [-0.39, 0.29) is 12.5 Å². The van der Waals surface area contributed by atoms with E-state index in [1.807, 2.05) is 43.3 Å². The van der Waals surface area contributed by atoms with Crippen molar-refractivity contribution >= 4 is 50.7 Å². The fourth-order valence-corrected chi connectivity index (χ4v) is 3.95. The zero-order chi connectivity index (χ0) is 19.6. The number of thiazole rings is 1. The maximum absolute atomic E-state index is 12.6. The monoisotopic (exact) mass is 403 g/mol. The van der Waals surface area contributed by atoms with Crippen LogP contribution in [0, 0.1) is 0 Å². The van der Waals surface area contributed by atoms with E-state index in [1.54, 1.807) is 22.8 Å². The summed E-state index contributed by atoms with van der Waals surface area (Å²) in [5.74, 6) is -0.833. The zero-order valence-corrected chi connectivity index (χ0v) is 16.7. The summed E-state index contributed by atoms with van der Waals surface area (Å²) in [6.07, 6.45) is 0. The van der Waals surface area contributed by atoms with Gasteiger partial charge in [-0.1, -0.05) is 29.0 Å². The number of ether oxygens (including phenoxy) is 1. The number of nitrogens with zero attached hydrogens (tertiary/aromatic N) is 3. The average molecular weight is 404 g/mol. The van der Waals surface area contributed by atoms with Gasteiger partial charge in [0.1, 0.15) is 6.54 Å². The molecule has 0 N–H and O–H groups in total. The minimum Gasteiger partial charge on any atom is -0.468 e. The Labute approximate surface area is 165 Å². The van der Waals surface area contributed by atoms with Gasteiger partial charge in [0.05, 0.1) is 22.3 Å². The number of rotatable bonds is 4. The van der Waals surface area contributed by atoms with E-state index in [4.69, 9.17) is 16.3 Å². The van der Waals surface area contributed by atoms with E-state index in [2.05, 4.69) is 4.99 Å². The number of amides is 1. The highest BCUT2D eigenvalue weighted by Crippen LogP contribution is 2.25. The number of anilines is 1. The standard InChI is InChI=1S/C19H18ClN3O3S/c1-22(2)13-9-7-12(8-10-13)18(25)21-19-23(11-16(24)26-3)17-14(20)5-4-6-15(17)27-19/h4-10H,11H2,1-3H3. The number of aromatic nitrogens is 1. The van der Waals surface area contributed by atoms with Gasteiger partial charge >= 0.3 is 5.97 Å². The lowest BCUT2D eigenvalue weighted by Gasteiger charge is -2.11. The first-order valence-corrected chi connectivity index (χ1v) is 9.31. The van der Waals surface area contributed by atoms with E-state index in [9.17, 15) is 9.59 Å². The van der Waals surface area contributed by atoms with Gasteiger partial charge in [-0.15, -0.1) is 0 Å². The van der Waals surface area contributed by atoms with Gasteiger partial charge in [-0.2, -0.15) is 4.99 Å². The van der Waals surface area contributed by atoms with Crippen LogP contribution in [0.1, 0.15) is 10.4 Å². The van der Waals surface area contributed by atoms with Gasteiger partial charge in [0.15, 0.2) is 4.80 Å². The molecule has 8 heteroatoms. The fourth-order valence-electron chi connectivity index (χ4n) is 2.57. The molecule has 0 spiro atoms. The molecule has 0 unspecified atom stereocenters. The highest BCUT2D eigenvalue weighted by molar-refractivity contribution is 7.16. The normalized spacial score (nSPS) is 11.6. The number of esters is 1. The van der Waals surface area contributed by atoms with Crippen LogP contribution in [-0.4, -0.2) is 37.6 Å². The molecule has 0 aliphatic rings. The van der Waals surface area contributed by atoms with Gasteiger partial charge in [-0.25, -0.2) is 0 Å². The molecule has 0 aliphatic carbocycles. The van der Waals surface area contributed by atoms with Gasteiger partial charge in [0.2, 0.25) is 0 Å². The Kier molecular flexibility index (Phi) is 5.62. The molecule has 140 valence electrons. The van der Waals surface area contributed by atoms with Gasteiger partial charge in [-0.3, -0.25) is 9.59 Å². The largest absolute Gasteiger partial charge is 0.468 e. The van der Waals surface area contributed by atoms with E-state index >= 15 is 0 Å². The second-order valence-electron chi connectivity index (χ2n) is 5.99. The van der Waals surface area contributed by atoms with Crippen molar-refractivity contribution in [1.82, 2.24) is 4.57 Å². The first kappa shape index (κ1) is 19.1. The summed E-state index contributed by atoms with van der Waals surface area (Å²) in [6.45, 7) is -0.0775. The lowest BCUT2D eigenvalue weighted by atomic mass is 10.2. The summed E-state index contributed by atoms with van der Waals surface area (Å²) < 4.78 is 7.21. The Morgan fingerprint density at radius 3 is 2.52 bits per heavy atom. The van der Waals surface area contributed by atoms with E-state index in [0.717, 1.165) is 10.4 Å². The summed E-state index contributed by atoms with van der Waals surface area (Å²) in [7, 11) is 5.17. The Bertz CT molecular complexity index is 1070. The first-order chi connectivity index (χ1) is 12.9. The third-order valence-electron chi connectivity index (χ3n) is 3.99. The Balaban J connectivity index is 2.09. The molecule has 27 heavy (non-hydrogen) atoms. The molecular weight excluding hydrogens is 386 g/mol. The Morgan fingerprint density at radius 1 is 1.19 bits per heavy atom. The van der Waals surface area contributed by atoms with E-state index < -0.39 is 5.97 Å². The quantitative estimate of drug-likeness (QED) is 0.627. The molecule has 1 amide bonds. The van der Waals surface area contributed by atoms with E-state index in [1.165, 1.54) is 18.4 Å². The number of para-hydroxylation sites is 1. The van der Waals surface area contributed by atoms with Gasteiger partial charge in [0.25, 0.3) is 5.91 Å². The maximum atomic E-state index is 12.6. The predicted molar refractivity (Wildman–Crippen MR) is 108 cm³/mol. The Morgan fingerprint density at radius 2 is 1.89 bits per heavy atom. The molecule has 6 nitrogen and oxygen atoms in total. The van der Waals surface area contributed by atoms with Crippen molar-refractivity contribution in [1.29, 1.82) is 0 Å². The number of carbonyl (C=O) groups excluding carboxylic acids is 2. The van der Waals surface area contributed by atoms with Gasteiger partial charge < -0.3 is 14.2 Å². The minimum absolute atomic E-state index is 0.0775. The third kappa shape index (κ3) is 4.04. The number of hydrogen-bond acceptors (Lipinski definition) is 5. The van der Waals surface area contributed by atoms with Crippen molar-refractivity contribution in [3.8, 4) is 0 Å². The van der Waals surface area contributed by atoms with Crippen LogP contribution >= 0.6 is 22.9 Å². The fraction of sp³-hybridized carbons (Fsp3) is 0.211. The van der Waals surface area contributed by atoms with Crippen molar-refractivity contribution in [2.24, 2.45) is 4.99 Å². The number of fused-ring (bicyclic) bond motifs is 1. The van der Waals surface area contributed by atoms with Crippen LogP contribution in [0.2, 0.25) is 5.02 Å². The molecule has 0 saturated carbocycles.